The molecule has 2 N–H and O–H groups in total. The van der Waals surface area contributed by atoms with Gasteiger partial charge in [0.25, 0.3) is 0 Å². The van der Waals surface area contributed by atoms with Crippen molar-refractivity contribution in [2.45, 2.75) is 19.5 Å². The second-order valence-electron chi connectivity index (χ2n) is 4.13. The van der Waals surface area contributed by atoms with Crippen LogP contribution in [0.25, 0.3) is 0 Å². The van der Waals surface area contributed by atoms with Gasteiger partial charge in [0.05, 0.1) is 7.11 Å². The minimum absolute atomic E-state index is 0.101. The molecule has 0 spiro atoms. The fourth-order valence-electron chi connectivity index (χ4n) is 1.72. The maximum absolute atomic E-state index is 13.1. The summed E-state index contributed by atoms with van der Waals surface area (Å²) in [4.78, 5) is 2.04. The molecule has 0 saturated heterocycles. The minimum Gasteiger partial charge on any atom is -0.496 e. The van der Waals surface area contributed by atoms with Crippen LogP contribution >= 0.6 is 0 Å². The van der Waals surface area contributed by atoms with E-state index in [0.717, 1.165) is 12.1 Å². The highest BCUT2D eigenvalue weighted by Gasteiger charge is 2.08. The summed E-state index contributed by atoms with van der Waals surface area (Å²) in [6.07, 6.45) is 0. The molecule has 0 fully saturated rings. The van der Waals surface area contributed by atoms with Crippen molar-refractivity contribution in [1.82, 2.24) is 4.90 Å². The van der Waals surface area contributed by atoms with Gasteiger partial charge in [-0.25, -0.2) is 4.39 Å². The number of nitrogens with two attached hydrogens (primary N) is 1. The zero-order chi connectivity index (χ0) is 12.1. The lowest BCUT2D eigenvalue weighted by Gasteiger charge is -2.20. The lowest BCUT2D eigenvalue weighted by molar-refractivity contribution is 0.302. The van der Waals surface area contributed by atoms with E-state index in [1.165, 1.54) is 12.1 Å². The fourth-order valence-corrected chi connectivity index (χ4v) is 1.72. The van der Waals surface area contributed by atoms with Gasteiger partial charge in [-0.05, 0) is 32.2 Å². The molecule has 1 unspecified atom stereocenters. The van der Waals surface area contributed by atoms with Crippen molar-refractivity contribution in [2.24, 2.45) is 5.73 Å². The summed E-state index contributed by atoms with van der Waals surface area (Å²) in [6, 6.07) is 4.64. The predicted molar refractivity (Wildman–Crippen MR) is 62.9 cm³/mol. The van der Waals surface area contributed by atoms with Gasteiger partial charge in [-0.2, -0.15) is 0 Å². The fraction of sp³-hybridized carbons (Fsp3) is 0.500. The number of benzene rings is 1. The van der Waals surface area contributed by atoms with Crippen LogP contribution < -0.4 is 10.5 Å². The van der Waals surface area contributed by atoms with Gasteiger partial charge in [0.2, 0.25) is 0 Å². The number of hydrogen-bond acceptors (Lipinski definition) is 3. The van der Waals surface area contributed by atoms with E-state index in [0.29, 0.717) is 12.3 Å². The molecule has 90 valence electrons. The van der Waals surface area contributed by atoms with Crippen LogP contribution in [0.3, 0.4) is 0 Å². The van der Waals surface area contributed by atoms with Gasteiger partial charge in [0.15, 0.2) is 0 Å². The Hall–Kier alpha value is -1.13. The lowest BCUT2D eigenvalue weighted by Crippen LogP contribution is -2.32. The average molecular weight is 226 g/mol. The molecule has 4 heteroatoms. The van der Waals surface area contributed by atoms with Crippen LogP contribution in [0.15, 0.2) is 18.2 Å². The molecule has 0 amide bonds. The monoisotopic (exact) mass is 226 g/mol. The Kier molecular flexibility index (Phi) is 4.71. The zero-order valence-electron chi connectivity index (χ0n) is 10.0. The van der Waals surface area contributed by atoms with Crippen molar-refractivity contribution in [3.05, 3.63) is 29.6 Å². The number of likely N-dealkylation sites (N-methyl/N-ethyl adjacent to an activating group) is 1. The van der Waals surface area contributed by atoms with Crippen molar-refractivity contribution in [3.63, 3.8) is 0 Å². The van der Waals surface area contributed by atoms with Crippen molar-refractivity contribution in [3.8, 4) is 5.75 Å². The third kappa shape index (κ3) is 3.79. The molecule has 0 aliphatic carbocycles. The Morgan fingerprint density at radius 3 is 2.75 bits per heavy atom. The first kappa shape index (κ1) is 12.9. The van der Waals surface area contributed by atoms with E-state index in [1.807, 2.05) is 18.9 Å². The highest BCUT2D eigenvalue weighted by atomic mass is 19.1. The number of nitrogens with zero attached hydrogens (tertiary/aromatic N) is 1. The first-order valence-electron chi connectivity index (χ1n) is 5.29. The van der Waals surface area contributed by atoms with Gasteiger partial charge in [-0.15, -0.1) is 0 Å². The Labute approximate surface area is 96.0 Å². The van der Waals surface area contributed by atoms with Crippen molar-refractivity contribution >= 4 is 0 Å². The topological polar surface area (TPSA) is 38.5 Å². The van der Waals surface area contributed by atoms with E-state index in [2.05, 4.69) is 0 Å². The Morgan fingerprint density at radius 2 is 2.19 bits per heavy atom. The summed E-state index contributed by atoms with van der Waals surface area (Å²) in [6.45, 7) is 3.33. The van der Waals surface area contributed by atoms with Crippen LogP contribution in [-0.4, -0.2) is 31.6 Å². The molecule has 3 nitrogen and oxygen atoms in total. The van der Waals surface area contributed by atoms with E-state index < -0.39 is 0 Å². The van der Waals surface area contributed by atoms with Crippen LogP contribution in [0.1, 0.15) is 12.5 Å². The Bertz CT molecular complexity index is 342. The summed E-state index contributed by atoms with van der Waals surface area (Å²) in [5.41, 5.74) is 6.54. The molecule has 0 aliphatic rings. The van der Waals surface area contributed by atoms with E-state index in [4.69, 9.17) is 10.5 Å². The molecule has 0 saturated carbocycles. The van der Waals surface area contributed by atoms with Crippen LogP contribution in [-0.2, 0) is 6.54 Å². The maximum atomic E-state index is 13.1. The number of hydrogen-bond donors (Lipinski definition) is 1. The van der Waals surface area contributed by atoms with Gasteiger partial charge in [0.1, 0.15) is 11.6 Å². The van der Waals surface area contributed by atoms with E-state index in [-0.39, 0.29) is 11.9 Å². The van der Waals surface area contributed by atoms with Crippen LogP contribution in [0.4, 0.5) is 4.39 Å². The van der Waals surface area contributed by atoms with Crippen LogP contribution in [0.2, 0.25) is 0 Å². The third-order valence-electron chi connectivity index (χ3n) is 2.28. The van der Waals surface area contributed by atoms with Gasteiger partial charge < -0.3 is 15.4 Å². The van der Waals surface area contributed by atoms with Gasteiger partial charge in [-0.3, -0.25) is 0 Å². The lowest BCUT2D eigenvalue weighted by atomic mass is 10.1. The Balaban J connectivity index is 2.74. The third-order valence-corrected chi connectivity index (χ3v) is 2.28. The first-order chi connectivity index (χ1) is 7.52. The molecular weight excluding hydrogens is 207 g/mol. The molecule has 1 aromatic carbocycles. The standard InChI is InChI=1S/C12H19FN2O/c1-9(14)7-15(2)8-10-6-11(13)4-5-12(10)16-3/h4-6,9H,7-8,14H2,1-3H3. The molecule has 1 aromatic rings. The summed E-state index contributed by atoms with van der Waals surface area (Å²) in [7, 11) is 3.54. The minimum atomic E-state index is -0.245. The normalized spacial score (nSPS) is 12.9. The van der Waals surface area contributed by atoms with Gasteiger partial charge in [-0.1, -0.05) is 0 Å². The number of methoxy groups -OCH3 is 1. The van der Waals surface area contributed by atoms with Crippen molar-refractivity contribution in [1.29, 1.82) is 0 Å². The highest BCUT2D eigenvalue weighted by molar-refractivity contribution is 5.33. The molecule has 0 aliphatic heterocycles. The van der Waals surface area contributed by atoms with Crippen LogP contribution in [0.5, 0.6) is 5.75 Å². The zero-order valence-corrected chi connectivity index (χ0v) is 10.0. The highest BCUT2D eigenvalue weighted by Crippen LogP contribution is 2.20. The molecule has 16 heavy (non-hydrogen) atoms. The summed E-state index contributed by atoms with van der Waals surface area (Å²) in [5.74, 6) is 0.461. The van der Waals surface area contributed by atoms with Crippen molar-refractivity contribution < 1.29 is 9.13 Å². The Morgan fingerprint density at radius 1 is 1.50 bits per heavy atom. The molecule has 0 heterocycles. The molecule has 0 radical (unpaired) electrons. The van der Waals surface area contributed by atoms with Crippen molar-refractivity contribution in [2.75, 3.05) is 20.7 Å². The second kappa shape index (κ2) is 5.82. The molecule has 0 bridgehead atoms. The van der Waals surface area contributed by atoms with Gasteiger partial charge in [0, 0.05) is 24.7 Å². The first-order valence-corrected chi connectivity index (χ1v) is 5.29. The van der Waals surface area contributed by atoms with E-state index in [9.17, 15) is 4.39 Å². The molecular formula is C12H19FN2O. The predicted octanol–water partition coefficient (Wildman–Crippen LogP) is 1.61. The smallest absolute Gasteiger partial charge is 0.123 e. The number of rotatable bonds is 5. The molecule has 1 atom stereocenters. The van der Waals surface area contributed by atoms with Crippen LogP contribution in [0, 0.1) is 5.82 Å². The van der Waals surface area contributed by atoms with E-state index in [1.54, 1.807) is 13.2 Å². The SMILES string of the molecule is COc1ccc(F)cc1CN(C)CC(C)N. The van der Waals surface area contributed by atoms with E-state index >= 15 is 0 Å². The summed E-state index contributed by atoms with van der Waals surface area (Å²) < 4.78 is 18.3. The van der Waals surface area contributed by atoms with Gasteiger partial charge >= 0.3 is 0 Å². The average Bonchev–Trinajstić information content (AvgIpc) is 2.16. The largest absolute Gasteiger partial charge is 0.496 e. The summed E-state index contributed by atoms with van der Waals surface area (Å²) in [5, 5.41) is 0. The second-order valence-corrected chi connectivity index (χ2v) is 4.13. The number of halogens is 1. The quantitative estimate of drug-likeness (QED) is 0.829. The molecule has 0 aromatic heterocycles. The number of ether oxygens (including phenoxy) is 1. The summed E-state index contributed by atoms with van der Waals surface area (Å²) >= 11 is 0. The molecule has 1 rings (SSSR count). The maximum Gasteiger partial charge on any atom is 0.123 e.